The summed E-state index contributed by atoms with van der Waals surface area (Å²) in [7, 11) is 0. The molecule has 1 unspecified atom stereocenters. The maximum atomic E-state index is 9.05. The number of rotatable bonds is 4. The molecule has 0 aliphatic rings. The number of para-hydroxylation sites is 1. The van der Waals surface area contributed by atoms with Crippen molar-refractivity contribution in [3.8, 4) is 5.69 Å². The molecule has 7 heteroatoms. The molecule has 0 saturated carbocycles. The first kappa shape index (κ1) is 11.1. The van der Waals surface area contributed by atoms with Crippen molar-refractivity contribution in [3.05, 3.63) is 52.7 Å². The van der Waals surface area contributed by atoms with Gasteiger partial charge in [0.25, 0.3) is 0 Å². The fourth-order valence-electron chi connectivity index (χ4n) is 1.39. The Morgan fingerprint density at radius 2 is 2.18 bits per heavy atom. The standard InChI is InChI=1S/C10H10N6O/c11-14-12-10(7-17)9-6-16(15-13-9)8-4-2-1-3-5-8/h1-6,10,17H,7H2. The first-order valence-electron chi connectivity index (χ1n) is 4.98. The van der Waals surface area contributed by atoms with Crippen LogP contribution in [-0.2, 0) is 0 Å². The minimum atomic E-state index is -0.697. The van der Waals surface area contributed by atoms with Gasteiger partial charge in [0.1, 0.15) is 6.04 Å². The van der Waals surface area contributed by atoms with E-state index < -0.39 is 6.04 Å². The molecule has 17 heavy (non-hydrogen) atoms. The third-order valence-electron chi connectivity index (χ3n) is 2.24. The third-order valence-corrected chi connectivity index (χ3v) is 2.24. The molecular weight excluding hydrogens is 220 g/mol. The predicted octanol–water partition coefficient (Wildman–Crippen LogP) is 1.61. The zero-order chi connectivity index (χ0) is 12.1. The number of aliphatic hydroxyl groups is 1. The van der Waals surface area contributed by atoms with Crippen LogP contribution in [-0.4, -0.2) is 26.7 Å². The van der Waals surface area contributed by atoms with E-state index in [1.807, 2.05) is 30.3 Å². The molecule has 0 fully saturated rings. The SMILES string of the molecule is [N-]=[N+]=NC(CO)c1cn(-c2ccccc2)nn1. The van der Waals surface area contributed by atoms with Gasteiger partial charge in [0.05, 0.1) is 24.2 Å². The fraction of sp³-hybridized carbons (Fsp3) is 0.200. The average molecular weight is 230 g/mol. The van der Waals surface area contributed by atoms with Gasteiger partial charge in [-0.2, -0.15) is 0 Å². The lowest BCUT2D eigenvalue weighted by atomic mass is 10.2. The molecular formula is C10H10N6O. The molecule has 1 aromatic heterocycles. The van der Waals surface area contributed by atoms with Crippen molar-refractivity contribution in [2.24, 2.45) is 5.11 Å². The first-order valence-corrected chi connectivity index (χ1v) is 4.98. The van der Waals surface area contributed by atoms with Crippen molar-refractivity contribution < 1.29 is 5.11 Å². The van der Waals surface area contributed by atoms with E-state index in [0.717, 1.165) is 5.69 Å². The molecule has 0 radical (unpaired) electrons. The number of aromatic nitrogens is 3. The van der Waals surface area contributed by atoms with Crippen molar-refractivity contribution in [1.82, 2.24) is 15.0 Å². The van der Waals surface area contributed by atoms with E-state index in [2.05, 4.69) is 20.3 Å². The number of azide groups is 1. The molecule has 0 bridgehead atoms. The molecule has 0 saturated heterocycles. The zero-order valence-electron chi connectivity index (χ0n) is 8.88. The minimum Gasteiger partial charge on any atom is -0.396 e. The van der Waals surface area contributed by atoms with Crippen LogP contribution in [0.15, 0.2) is 41.6 Å². The molecule has 0 spiro atoms. The lowest BCUT2D eigenvalue weighted by molar-refractivity contribution is 0.265. The summed E-state index contributed by atoms with van der Waals surface area (Å²) in [6.07, 6.45) is 1.63. The second-order valence-corrected chi connectivity index (χ2v) is 3.33. The van der Waals surface area contributed by atoms with Crippen molar-refractivity contribution in [3.63, 3.8) is 0 Å². The smallest absolute Gasteiger partial charge is 0.106 e. The highest BCUT2D eigenvalue weighted by Crippen LogP contribution is 2.15. The number of aliphatic hydroxyl groups excluding tert-OH is 1. The van der Waals surface area contributed by atoms with Crippen molar-refractivity contribution >= 4 is 0 Å². The van der Waals surface area contributed by atoms with Crippen molar-refractivity contribution in [1.29, 1.82) is 0 Å². The maximum absolute atomic E-state index is 9.05. The number of hydrogen-bond donors (Lipinski definition) is 1. The van der Waals surface area contributed by atoms with Crippen LogP contribution >= 0.6 is 0 Å². The second-order valence-electron chi connectivity index (χ2n) is 3.33. The monoisotopic (exact) mass is 230 g/mol. The molecule has 0 amide bonds. The largest absolute Gasteiger partial charge is 0.396 e. The Hall–Kier alpha value is -2.37. The quantitative estimate of drug-likeness (QED) is 0.490. The summed E-state index contributed by atoms with van der Waals surface area (Å²) in [5.41, 5.74) is 9.64. The highest BCUT2D eigenvalue weighted by molar-refractivity contribution is 5.30. The number of benzene rings is 1. The number of hydrogen-bond acceptors (Lipinski definition) is 4. The van der Waals surface area contributed by atoms with Crippen molar-refractivity contribution in [2.75, 3.05) is 6.61 Å². The van der Waals surface area contributed by atoms with Crippen LogP contribution in [0.1, 0.15) is 11.7 Å². The van der Waals surface area contributed by atoms with E-state index in [1.165, 1.54) is 0 Å². The van der Waals surface area contributed by atoms with Gasteiger partial charge in [-0.3, -0.25) is 0 Å². The van der Waals surface area contributed by atoms with Crippen LogP contribution < -0.4 is 0 Å². The molecule has 1 atom stereocenters. The van der Waals surface area contributed by atoms with Gasteiger partial charge >= 0.3 is 0 Å². The molecule has 1 aromatic carbocycles. The summed E-state index contributed by atoms with van der Waals surface area (Å²) >= 11 is 0. The van der Waals surface area contributed by atoms with Crippen LogP contribution in [0.4, 0.5) is 0 Å². The third kappa shape index (κ3) is 2.41. The summed E-state index contributed by atoms with van der Waals surface area (Å²) in [6.45, 7) is -0.294. The summed E-state index contributed by atoms with van der Waals surface area (Å²) in [5, 5.41) is 20.3. The summed E-state index contributed by atoms with van der Waals surface area (Å²) in [6, 6.07) is 8.72. The molecule has 0 aliphatic heterocycles. The molecule has 0 aliphatic carbocycles. The van der Waals surface area contributed by atoms with Crippen molar-refractivity contribution in [2.45, 2.75) is 6.04 Å². The fourth-order valence-corrected chi connectivity index (χ4v) is 1.39. The van der Waals surface area contributed by atoms with Crippen LogP contribution in [0.2, 0.25) is 0 Å². The van der Waals surface area contributed by atoms with E-state index in [4.69, 9.17) is 10.6 Å². The average Bonchev–Trinajstić information content (AvgIpc) is 2.86. The van der Waals surface area contributed by atoms with Gasteiger partial charge in [-0.25, -0.2) is 4.68 Å². The Labute approximate surface area is 96.9 Å². The molecule has 1 N–H and O–H groups in total. The van der Waals surface area contributed by atoms with E-state index in [9.17, 15) is 0 Å². The van der Waals surface area contributed by atoms with E-state index >= 15 is 0 Å². The maximum Gasteiger partial charge on any atom is 0.106 e. The topological polar surface area (TPSA) is 99.7 Å². The summed E-state index contributed by atoms with van der Waals surface area (Å²) < 4.78 is 1.56. The van der Waals surface area contributed by atoms with Gasteiger partial charge < -0.3 is 5.11 Å². The summed E-state index contributed by atoms with van der Waals surface area (Å²) in [4.78, 5) is 2.65. The van der Waals surface area contributed by atoms with E-state index in [0.29, 0.717) is 5.69 Å². The Morgan fingerprint density at radius 1 is 1.41 bits per heavy atom. The van der Waals surface area contributed by atoms with Gasteiger partial charge in [-0.1, -0.05) is 28.5 Å². The van der Waals surface area contributed by atoms with Gasteiger partial charge in [0.2, 0.25) is 0 Å². The normalized spacial score (nSPS) is 11.8. The Balaban J connectivity index is 2.30. The second kappa shape index (κ2) is 5.11. The summed E-state index contributed by atoms with van der Waals surface area (Å²) in [5.74, 6) is 0. The van der Waals surface area contributed by atoms with Crippen LogP contribution in [0, 0.1) is 0 Å². The predicted molar refractivity (Wildman–Crippen MR) is 60.3 cm³/mol. The lowest BCUT2D eigenvalue weighted by Gasteiger charge is -2.01. The highest BCUT2D eigenvalue weighted by atomic mass is 16.3. The lowest BCUT2D eigenvalue weighted by Crippen LogP contribution is -2.00. The Kier molecular flexibility index (Phi) is 3.34. The van der Waals surface area contributed by atoms with E-state index in [1.54, 1.807) is 10.9 Å². The number of nitrogens with zero attached hydrogens (tertiary/aromatic N) is 6. The Morgan fingerprint density at radius 3 is 2.82 bits per heavy atom. The van der Waals surface area contributed by atoms with Gasteiger partial charge in [0, 0.05) is 4.91 Å². The van der Waals surface area contributed by atoms with Gasteiger partial charge in [-0.05, 0) is 17.7 Å². The van der Waals surface area contributed by atoms with Gasteiger partial charge in [0.15, 0.2) is 0 Å². The van der Waals surface area contributed by atoms with E-state index in [-0.39, 0.29) is 6.61 Å². The minimum absolute atomic E-state index is 0.294. The van der Waals surface area contributed by atoms with Crippen LogP contribution in [0.3, 0.4) is 0 Å². The van der Waals surface area contributed by atoms with Crippen LogP contribution in [0.25, 0.3) is 16.1 Å². The van der Waals surface area contributed by atoms with Gasteiger partial charge in [-0.15, -0.1) is 5.10 Å². The zero-order valence-corrected chi connectivity index (χ0v) is 8.88. The molecule has 1 heterocycles. The highest BCUT2D eigenvalue weighted by Gasteiger charge is 2.12. The first-order chi connectivity index (χ1) is 8.35. The molecule has 2 aromatic rings. The molecule has 86 valence electrons. The molecule has 2 rings (SSSR count). The molecule has 7 nitrogen and oxygen atoms in total. The Bertz CT molecular complexity index is 531. The van der Waals surface area contributed by atoms with Crippen LogP contribution in [0.5, 0.6) is 0 Å².